The Balaban J connectivity index is 2.49. The first-order valence-corrected chi connectivity index (χ1v) is 5.35. The molecule has 0 atom stereocenters. The standard InChI is InChI=1S/C12H17N3/c1-15(2)12-5-3-10(4-6-12)7-11(8-13)9-14/h7,10,12H,3-6H2,1-2H3. The van der Waals surface area contributed by atoms with E-state index in [1.165, 1.54) is 0 Å². The van der Waals surface area contributed by atoms with E-state index in [1.807, 2.05) is 18.2 Å². The quantitative estimate of drug-likeness (QED) is 0.646. The fourth-order valence-corrected chi connectivity index (χ4v) is 2.12. The van der Waals surface area contributed by atoms with Gasteiger partial charge in [0.2, 0.25) is 0 Å². The molecule has 0 radical (unpaired) electrons. The molecule has 0 N–H and O–H groups in total. The van der Waals surface area contributed by atoms with Gasteiger partial charge in [-0.3, -0.25) is 0 Å². The molecule has 1 rings (SSSR count). The number of hydrogen-bond donors (Lipinski definition) is 0. The Labute approximate surface area is 91.6 Å². The van der Waals surface area contributed by atoms with E-state index in [9.17, 15) is 0 Å². The van der Waals surface area contributed by atoms with Crippen molar-refractivity contribution in [3.63, 3.8) is 0 Å². The van der Waals surface area contributed by atoms with Crippen LogP contribution in [-0.4, -0.2) is 25.0 Å². The monoisotopic (exact) mass is 203 g/mol. The number of allylic oxidation sites excluding steroid dienone is 2. The predicted octanol–water partition coefficient (Wildman–Crippen LogP) is 2.08. The molecule has 0 aromatic heterocycles. The summed E-state index contributed by atoms with van der Waals surface area (Å²) in [6, 6.07) is 4.51. The van der Waals surface area contributed by atoms with Gasteiger partial charge in [0.25, 0.3) is 0 Å². The van der Waals surface area contributed by atoms with Crippen LogP contribution in [0.3, 0.4) is 0 Å². The summed E-state index contributed by atoms with van der Waals surface area (Å²) in [5.41, 5.74) is 0.267. The van der Waals surface area contributed by atoms with Crippen molar-refractivity contribution in [2.24, 2.45) is 5.92 Å². The molecule has 1 aliphatic rings. The maximum Gasteiger partial charge on any atom is 0.125 e. The molecular formula is C12H17N3. The number of nitrogens with zero attached hydrogens (tertiary/aromatic N) is 3. The Morgan fingerprint density at radius 3 is 2.07 bits per heavy atom. The Morgan fingerprint density at radius 2 is 1.67 bits per heavy atom. The molecule has 80 valence electrons. The molecule has 15 heavy (non-hydrogen) atoms. The average Bonchev–Trinajstić information content (AvgIpc) is 2.26. The van der Waals surface area contributed by atoms with Gasteiger partial charge in [0, 0.05) is 6.04 Å². The second-order valence-corrected chi connectivity index (χ2v) is 4.34. The average molecular weight is 203 g/mol. The third-order valence-corrected chi connectivity index (χ3v) is 3.11. The second-order valence-electron chi connectivity index (χ2n) is 4.34. The lowest BCUT2D eigenvalue weighted by Gasteiger charge is -2.31. The summed E-state index contributed by atoms with van der Waals surface area (Å²) in [6.07, 6.45) is 6.36. The highest BCUT2D eigenvalue weighted by Gasteiger charge is 2.21. The fourth-order valence-electron chi connectivity index (χ4n) is 2.12. The van der Waals surface area contributed by atoms with Crippen LogP contribution in [0.1, 0.15) is 25.7 Å². The molecule has 0 aromatic carbocycles. The van der Waals surface area contributed by atoms with Gasteiger partial charge in [0.15, 0.2) is 0 Å². The first-order valence-electron chi connectivity index (χ1n) is 5.35. The zero-order valence-corrected chi connectivity index (χ0v) is 9.40. The maximum atomic E-state index is 8.65. The van der Waals surface area contributed by atoms with Crippen molar-refractivity contribution in [1.82, 2.24) is 4.90 Å². The molecule has 3 heteroatoms. The van der Waals surface area contributed by atoms with E-state index < -0.39 is 0 Å². The third-order valence-electron chi connectivity index (χ3n) is 3.11. The molecule has 0 heterocycles. The minimum absolute atomic E-state index is 0.267. The highest BCUT2D eigenvalue weighted by atomic mass is 15.1. The van der Waals surface area contributed by atoms with Crippen LogP contribution in [0.2, 0.25) is 0 Å². The van der Waals surface area contributed by atoms with E-state index in [-0.39, 0.29) is 5.57 Å². The Bertz CT molecular complexity index is 293. The summed E-state index contributed by atoms with van der Waals surface area (Å²) >= 11 is 0. The number of nitriles is 2. The van der Waals surface area contributed by atoms with Crippen LogP contribution in [0.5, 0.6) is 0 Å². The maximum absolute atomic E-state index is 8.65. The van der Waals surface area contributed by atoms with Gasteiger partial charge in [-0.2, -0.15) is 10.5 Å². The molecule has 0 aromatic rings. The van der Waals surface area contributed by atoms with Crippen LogP contribution in [0, 0.1) is 28.6 Å². The van der Waals surface area contributed by atoms with Gasteiger partial charge in [-0.15, -0.1) is 0 Å². The zero-order valence-electron chi connectivity index (χ0n) is 9.40. The first-order chi connectivity index (χ1) is 7.17. The summed E-state index contributed by atoms with van der Waals surface area (Å²) in [7, 11) is 4.22. The van der Waals surface area contributed by atoms with Crippen LogP contribution >= 0.6 is 0 Å². The topological polar surface area (TPSA) is 50.8 Å². The zero-order chi connectivity index (χ0) is 11.3. The molecule has 0 aliphatic heterocycles. The summed E-state index contributed by atoms with van der Waals surface area (Å²) < 4.78 is 0. The normalized spacial score (nSPS) is 25.4. The van der Waals surface area contributed by atoms with Crippen molar-refractivity contribution in [2.45, 2.75) is 31.7 Å². The highest BCUT2D eigenvalue weighted by molar-refractivity contribution is 5.35. The lowest BCUT2D eigenvalue weighted by Crippen LogP contribution is -2.31. The third kappa shape index (κ3) is 3.38. The van der Waals surface area contributed by atoms with Crippen molar-refractivity contribution in [3.8, 4) is 12.1 Å². The summed E-state index contributed by atoms with van der Waals surface area (Å²) in [5, 5.41) is 17.3. The van der Waals surface area contributed by atoms with Crippen LogP contribution in [0.4, 0.5) is 0 Å². The minimum atomic E-state index is 0.267. The lowest BCUT2D eigenvalue weighted by atomic mass is 9.84. The number of rotatable bonds is 2. The van der Waals surface area contributed by atoms with E-state index in [2.05, 4.69) is 19.0 Å². The van der Waals surface area contributed by atoms with Gasteiger partial charge < -0.3 is 4.90 Å². The molecule has 0 spiro atoms. The van der Waals surface area contributed by atoms with Crippen molar-refractivity contribution < 1.29 is 0 Å². The van der Waals surface area contributed by atoms with Gasteiger partial charge in [0.1, 0.15) is 17.7 Å². The molecule has 0 saturated heterocycles. The van der Waals surface area contributed by atoms with Crippen LogP contribution in [0.15, 0.2) is 11.6 Å². The van der Waals surface area contributed by atoms with Gasteiger partial charge >= 0.3 is 0 Å². The van der Waals surface area contributed by atoms with Gasteiger partial charge in [-0.25, -0.2) is 0 Å². The molecule has 1 saturated carbocycles. The first kappa shape index (κ1) is 11.8. The summed E-state index contributed by atoms with van der Waals surface area (Å²) in [5.74, 6) is 0.426. The number of hydrogen-bond acceptors (Lipinski definition) is 3. The van der Waals surface area contributed by atoms with E-state index in [0.717, 1.165) is 25.7 Å². The SMILES string of the molecule is CN(C)C1CCC(C=C(C#N)C#N)CC1. The van der Waals surface area contributed by atoms with Gasteiger partial charge in [-0.05, 0) is 45.7 Å². The molecule has 1 fully saturated rings. The molecule has 3 nitrogen and oxygen atoms in total. The van der Waals surface area contributed by atoms with Crippen LogP contribution in [-0.2, 0) is 0 Å². The lowest BCUT2D eigenvalue weighted by molar-refractivity contribution is 0.209. The molecule has 0 unspecified atom stereocenters. The van der Waals surface area contributed by atoms with Crippen molar-refractivity contribution in [1.29, 1.82) is 10.5 Å². The van der Waals surface area contributed by atoms with Crippen molar-refractivity contribution >= 4 is 0 Å². The highest BCUT2D eigenvalue weighted by Crippen LogP contribution is 2.27. The van der Waals surface area contributed by atoms with E-state index in [0.29, 0.717) is 12.0 Å². The summed E-state index contributed by atoms with van der Waals surface area (Å²) in [6.45, 7) is 0. The van der Waals surface area contributed by atoms with Crippen molar-refractivity contribution in [2.75, 3.05) is 14.1 Å². The van der Waals surface area contributed by atoms with Crippen LogP contribution < -0.4 is 0 Å². The largest absolute Gasteiger partial charge is 0.306 e. The Kier molecular flexibility index (Phi) is 4.34. The van der Waals surface area contributed by atoms with Crippen LogP contribution in [0.25, 0.3) is 0 Å². The molecule has 0 bridgehead atoms. The molecule has 1 aliphatic carbocycles. The van der Waals surface area contributed by atoms with Gasteiger partial charge in [0.05, 0.1) is 0 Å². The molecule has 0 amide bonds. The Morgan fingerprint density at radius 1 is 1.13 bits per heavy atom. The smallest absolute Gasteiger partial charge is 0.125 e. The predicted molar refractivity (Wildman–Crippen MR) is 58.7 cm³/mol. The second kappa shape index (κ2) is 5.53. The Hall–Kier alpha value is -1.32. The summed E-state index contributed by atoms with van der Waals surface area (Å²) in [4.78, 5) is 2.26. The molecular weight excluding hydrogens is 186 g/mol. The minimum Gasteiger partial charge on any atom is -0.306 e. The van der Waals surface area contributed by atoms with Gasteiger partial charge in [-0.1, -0.05) is 6.08 Å². The van der Waals surface area contributed by atoms with Crippen molar-refractivity contribution in [3.05, 3.63) is 11.6 Å². The fraction of sp³-hybridized carbons (Fsp3) is 0.667. The van der Waals surface area contributed by atoms with E-state index >= 15 is 0 Å². The van der Waals surface area contributed by atoms with E-state index in [4.69, 9.17) is 10.5 Å². The van der Waals surface area contributed by atoms with E-state index in [1.54, 1.807) is 0 Å².